The van der Waals surface area contributed by atoms with Crippen molar-refractivity contribution in [3.8, 4) is 0 Å². The van der Waals surface area contributed by atoms with Crippen LogP contribution in [0.1, 0.15) is 30.5 Å². The minimum atomic E-state index is -0.881. The van der Waals surface area contributed by atoms with Gasteiger partial charge >= 0.3 is 6.03 Å². The van der Waals surface area contributed by atoms with Gasteiger partial charge in [-0.2, -0.15) is 5.06 Å². The smallest absolute Gasteiger partial charge is 0.340 e. The second-order valence-corrected chi connectivity index (χ2v) is 5.68. The maximum atomic E-state index is 11.3. The fourth-order valence-corrected chi connectivity index (χ4v) is 3.08. The van der Waals surface area contributed by atoms with E-state index in [9.17, 15) is 10.0 Å². The zero-order chi connectivity index (χ0) is 17.1. The molecule has 0 saturated heterocycles. The minimum Gasteiger partial charge on any atom is -0.350 e. The van der Waals surface area contributed by atoms with Crippen LogP contribution in [-0.2, 0) is 6.67 Å². The number of carbonyl (C=O) groups is 1. The quantitative estimate of drug-likeness (QED) is 0.558. The lowest BCUT2D eigenvalue weighted by atomic mass is 9.94. The van der Waals surface area contributed by atoms with Gasteiger partial charge in [0.05, 0.1) is 0 Å². The molecule has 0 bridgehead atoms. The molecule has 2 aromatic heterocycles. The molecule has 6 nitrogen and oxygen atoms in total. The molecule has 1 aromatic carbocycles. The summed E-state index contributed by atoms with van der Waals surface area (Å²) >= 11 is 0. The maximum absolute atomic E-state index is 11.3. The van der Waals surface area contributed by atoms with Crippen molar-refractivity contribution in [2.75, 3.05) is 0 Å². The first kappa shape index (κ1) is 16.0. The predicted octanol–water partition coefficient (Wildman–Crippen LogP) is 3.31. The van der Waals surface area contributed by atoms with E-state index in [1.807, 2.05) is 47.2 Å². The molecule has 0 aliphatic rings. The predicted molar refractivity (Wildman–Crippen MR) is 91.5 cm³/mol. The lowest BCUT2D eigenvalue weighted by molar-refractivity contribution is -0.0641. The molecule has 0 aliphatic heterocycles. The van der Waals surface area contributed by atoms with Gasteiger partial charge in [0.15, 0.2) is 0 Å². The lowest BCUT2D eigenvalue weighted by Crippen LogP contribution is -2.34. The van der Waals surface area contributed by atoms with Crippen LogP contribution in [0.5, 0.6) is 0 Å². The van der Waals surface area contributed by atoms with Crippen molar-refractivity contribution in [3.63, 3.8) is 0 Å². The van der Waals surface area contributed by atoms with E-state index in [0.29, 0.717) is 5.06 Å². The maximum Gasteiger partial charge on any atom is 0.340 e. The fraction of sp³-hybridized carbons (Fsp3) is 0.222. The number of rotatable bonds is 5. The molecule has 124 valence electrons. The molecule has 3 N–H and O–H groups in total. The molecule has 1 atom stereocenters. The number of aromatic nitrogens is 2. The van der Waals surface area contributed by atoms with Crippen molar-refractivity contribution < 1.29 is 10.0 Å². The third-order valence-corrected chi connectivity index (χ3v) is 4.22. The highest BCUT2D eigenvalue weighted by Gasteiger charge is 2.20. The van der Waals surface area contributed by atoms with Gasteiger partial charge in [-0.1, -0.05) is 31.2 Å². The Morgan fingerprint density at radius 2 is 2.12 bits per heavy atom. The van der Waals surface area contributed by atoms with Gasteiger partial charge in [-0.15, -0.1) is 0 Å². The average molecular weight is 324 g/mol. The Kier molecular flexibility index (Phi) is 4.48. The normalized spacial score (nSPS) is 12.2. The molecule has 2 amide bonds. The van der Waals surface area contributed by atoms with E-state index in [-0.39, 0.29) is 12.6 Å². The Morgan fingerprint density at radius 1 is 1.33 bits per heavy atom. The third-order valence-electron chi connectivity index (χ3n) is 4.22. The Morgan fingerprint density at radius 3 is 2.79 bits per heavy atom. The van der Waals surface area contributed by atoms with Crippen LogP contribution < -0.4 is 5.73 Å². The number of hydrogen-bond donors (Lipinski definition) is 2. The van der Waals surface area contributed by atoms with Crippen LogP contribution in [0.3, 0.4) is 0 Å². The number of primary amides is 1. The second kappa shape index (κ2) is 6.72. The van der Waals surface area contributed by atoms with Crippen LogP contribution >= 0.6 is 0 Å². The Balaban J connectivity index is 2.13. The number of amides is 2. The molecule has 0 radical (unpaired) electrons. The molecule has 0 spiro atoms. The van der Waals surface area contributed by atoms with E-state index in [1.54, 1.807) is 6.20 Å². The van der Waals surface area contributed by atoms with E-state index in [1.165, 1.54) is 0 Å². The van der Waals surface area contributed by atoms with E-state index < -0.39 is 6.03 Å². The zero-order valence-corrected chi connectivity index (χ0v) is 13.5. The van der Waals surface area contributed by atoms with E-state index in [2.05, 4.69) is 18.0 Å². The van der Waals surface area contributed by atoms with E-state index in [4.69, 9.17) is 5.73 Å². The number of pyridine rings is 1. The summed E-state index contributed by atoms with van der Waals surface area (Å²) in [7, 11) is 0. The van der Waals surface area contributed by atoms with Gasteiger partial charge in [-0.25, -0.2) is 4.79 Å². The number of nitrogens with two attached hydrogens (primary N) is 1. The van der Waals surface area contributed by atoms with Gasteiger partial charge in [0, 0.05) is 29.5 Å². The summed E-state index contributed by atoms with van der Waals surface area (Å²) in [5, 5.41) is 11.4. The van der Waals surface area contributed by atoms with Gasteiger partial charge < -0.3 is 10.3 Å². The number of hydroxylamine groups is 2. The Bertz CT molecular complexity index is 845. The van der Waals surface area contributed by atoms with Gasteiger partial charge in [0.2, 0.25) is 0 Å². The van der Waals surface area contributed by atoms with Crippen LogP contribution in [-0.4, -0.2) is 25.9 Å². The highest BCUT2D eigenvalue weighted by atomic mass is 16.5. The van der Waals surface area contributed by atoms with Crippen LogP contribution in [0.2, 0.25) is 0 Å². The first-order chi connectivity index (χ1) is 11.6. The summed E-state index contributed by atoms with van der Waals surface area (Å²) in [6.07, 6.45) is 4.46. The molecule has 0 aliphatic carbocycles. The number of para-hydroxylation sites is 1. The van der Waals surface area contributed by atoms with Crippen molar-refractivity contribution in [1.29, 1.82) is 0 Å². The number of hydrogen-bond acceptors (Lipinski definition) is 3. The molecule has 0 fully saturated rings. The van der Waals surface area contributed by atoms with Crippen LogP contribution in [0, 0.1) is 0 Å². The summed E-state index contributed by atoms with van der Waals surface area (Å²) in [6, 6.07) is 13.0. The Labute approximate surface area is 140 Å². The highest BCUT2D eigenvalue weighted by molar-refractivity contribution is 5.82. The number of benzene rings is 1. The lowest BCUT2D eigenvalue weighted by Gasteiger charge is -2.21. The average Bonchev–Trinajstić information content (AvgIpc) is 2.95. The number of carbonyl (C=O) groups excluding carboxylic acids is 1. The van der Waals surface area contributed by atoms with Crippen molar-refractivity contribution >= 4 is 16.9 Å². The molecule has 6 heteroatoms. The van der Waals surface area contributed by atoms with Gasteiger partial charge in [0.25, 0.3) is 0 Å². The molecule has 24 heavy (non-hydrogen) atoms. The summed E-state index contributed by atoms with van der Waals surface area (Å²) in [5.74, 6) is 0.104. The molecule has 0 saturated carbocycles. The number of fused-ring (bicyclic) bond motifs is 1. The molecule has 1 unspecified atom stereocenters. The van der Waals surface area contributed by atoms with E-state index in [0.717, 1.165) is 28.6 Å². The van der Waals surface area contributed by atoms with Crippen LogP contribution in [0.4, 0.5) is 4.79 Å². The zero-order valence-electron chi connectivity index (χ0n) is 13.5. The topological polar surface area (TPSA) is 84.4 Å². The van der Waals surface area contributed by atoms with E-state index >= 15 is 0 Å². The summed E-state index contributed by atoms with van der Waals surface area (Å²) in [6.45, 7) is 2.08. The number of urea groups is 1. The van der Waals surface area contributed by atoms with Crippen molar-refractivity contribution in [1.82, 2.24) is 14.6 Å². The third kappa shape index (κ3) is 2.96. The highest BCUT2D eigenvalue weighted by Crippen LogP contribution is 2.32. The minimum absolute atomic E-state index is 0.0189. The Hall–Kier alpha value is -2.86. The number of nitrogens with zero attached hydrogens (tertiary/aromatic N) is 3. The summed E-state index contributed by atoms with van der Waals surface area (Å²) < 4.78 is 1.92. The SMILES string of the molecule is CCC(c1cccnc1)c1cc2ccccc2n1CN(O)C(N)=O. The fourth-order valence-electron chi connectivity index (χ4n) is 3.08. The summed E-state index contributed by atoms with van der Waals surface area (Å²) in [5.41, 5.74) is 8.22. The molecule has 3 aromatic rings. The molecular weight excluding hydrogens is 304 g/mol. The molecule has 2 heterocycles. The van der Waals surface area contributed by atoms with Crippen molar-refractivity contribution in [3.05, 3.63) is 66.1 Å². The van der Waals surface area contributed by atoms with Gasteiger partial charge in [-0.05, 0) is 35.6 Å². The van der Waals surface area contributed by atoms with Gasteiger partial charge in [-0.3, -0.25) is 10.2 Å². The first-order valence-corrected chi connectivity index (χ1v) is 7.85. The summed E-state index contributed by atoms with van der Waals surface area (Å²) in [4.78, 5) is 15.5. The van der Waals surface area contributed by atoms with Gasteiger partial charge in [0.1, 0.15) is 6.67 Å². The standard InChI is InChI=1S/C18H20N4O2/c1-2-15(14-7-5-9-20-11-14)17-10-13-6-3-4-8-16(13)21(17)12-22(24)18(19)23/h3-11,15,24H,2,12H2,1H3,(H2,19,23). The molecular formula is C18H20N4O2. The van der Waals surface area contributed by atoms with Crippen molar-refractivity contribution in [2.24, 2.45) is 5.73 Å². The molecule has 3 rings (SSSR count). The largest absolute Gasteiger partial charge is 0.350 e. The van der Waals surface area contributed by atoms with Crippen LogP contribution in [0.25, 0.3) is 10.9 Å². The first-order valence-electron chi connectivity index (χ1n) is 7.85. The second-order valence-electron chi connectivity index (χ2n) is 5.68. The van der Waals surface area contributed by atoms with Crippen molar-refractivity contribution in [2.45, 2.75) is 25.9 Å². The monoisotopic (exact) mass is 324 g/mol. The van der Waals surface area contributed by atoms with Crippen LogP contribution in [0.15, 0.2) is 54.9 Å².